The van der Waals surface area contributed by atoms with Gasteiger partial charge in [-0.1, -0.05) is 36.2 Å². The van der Waals surface area contributed by atoms with E-state index in [0.29, 0.717) is 17.2 Å². The fourth-order valence-electron chi connectivity index (χ4n) is 4.24. The Bertz CT molecular complexity index is 962. The van der Waals surface area contributed by atoms with Gasteiger partial charge in [-0.05, 0) is 61.4 Å². The highest BCUT2D eigenvalue weighted by atomic mass is 35.5. The first kappa shape index (κ1) is 18.3. The first-order valence-corrected chi connectivity index (χ1v) is 11.0. The molecule has 0 heterocycles. The number of carbonyl (C=O) groups is 1. The third-order valence-corrected chi connectivity index (χ3v) is 7.28. The number of amides is 1. The zero-order chi connectivity index (χ0) is 19.0. The Hall–Kier alpha value is -2.05. The van der Waals surface area contributed by atoms with Gasteiger partial charge in [0.2, 0.25) is 0 Å². The van der Waals surface area contributed by atoms with E-state index in [1.165, 1.54) is 37.5 Å². The summed E-state index contributed by atoms with van der Waals surface area (Å²) < 4.78 is 27.3. The zero-order valence-corrected chi connectivity index (χ0v) is 16.3. The number of anilines is 1. The predicted octanol–water partition coefficient (Wildman–Crippen LogP) is 4.06. The number of halogens is 1. The summed E-state index contributed by atoms with van der Waals surface area (Å²) in [6, 6.07) is 12.9. The van der Waals surface area contributed by atoms with Crippen molar-refractivity contribution >= 4 is 33.2 Å². The lowest BCUT2D eigenvalue weighted by Gasteiger charge is -2.23. The number of nitrogens with one attached hydrogen (secondary N) is 2. The molecule has 1 amide bonds. The van der Waals surface area contributed by atoms with Gasteiger partial charge in [0, 0.05) is 6.04 Å². The van der Waals surface area contributed by atoms with Crippen molar-refractivity contribution in [1.82, 2.24) is 5.32 Å². The fraction of sp³-hybridized carbons (Fsp3) is 0.350. The van der Waals surface area contributed by atoms with Gasteiger partial charge in [0.25, 0.3) is 15.9 Å². The van der Waals surface area contributed by atoms with E-state index < -0.39 is 10.0 Å². The molecule has 5 nitrogen and oxygen atoms in total. The molecule has 0 spiro atoms. The van der Waals surface area contributed by atoms with Gasteiger partial charge in [0.1, 0.15) is 0 Å². The van der Waals surface area contributed by atoms with Crippen molar-refractivity contribution in [1.29, 1.82) is 0 Å². The van der Waals surface area contributed by atoms with Gasteiger partial charge in [-0.15, -0.1) is 0 Å². The highest BCUT2D eigenvalue weighted by Crippen LogP contribution is 2.44. The van der Waals surface area contributed by atoms with Crippen molar-refractivity contribution in [2.75, 3.05) is 4.72 Å². The van der Waals surface area contributed by atoms with Crippen molar-refractivity contribution < 1.29 is 13.2 Å². The van der Waals surface area contributed by atoms with E-state index in [0.717, 1.165) is 12.3 Å². The number of benzene rings is 2. The maximum absolute atomic E-state index is 12.6. The molecule has 3 atom stereocenters. The lowest BCUT2D eigenvalue weighted by molar-refractivity contribution is 0.0923. The molecule has 2 aromatic carbocycles. The van der Waals surface area contributed by atoms with Crippen LogP contribution < -0.4 is 10.0 Å². The molecule has 0 radical (unpaired) electrons. The van der Waals surface area contributed by atoms with Crippen LogP contribution >= 0.6 is 11.6 Å². The van der Waals surface area contributed by atoms with Crippen molar-refractivity contribution in [3.8, 4) is 0 Å². The molecular weight excluding hydrogens is 384 g/mol. The van der Waals surface area contributed by atoms with Crippen LogP contribution in [0.2, 0.25) is 5.02 Å². The molecule has 2 bridgehead atoms. The summed E-state index contributed by atoms with van der Waals surface area (Å²) in [5.41, 5.74) is 0.683. The Morgan fingerprint density at radius 3 is 2.44 bits per heavy atom. The number of hydrogen-bond donors (Lipinski definition) is 2. The van der Waals surface area contributed by atoms with Gasteiger partial charge in [-0.3, -0.25) is 9.52 Å². The van der Waals surface area contributed by atoms with Crippen LogP contribution in [0.5, 0.6) is 0 Å². The Balaban J connectivity index is 1.47. The fourth-order valence-corrected chi connectivity index (χ4v) is 5.58. The monoisotopic (exact) mass is 404 g/mol. The second-order valence-electron chi connectivity index (χ2n) is 7.37. The summed E-state index contributed by atoms with van der Waals surface area (Å²) >= 11 is 6.27. The molecular formula is C20H21ClN2O3S. The summed E-state index contributed by atoms with van der Waals surface area (Å²) in [5.74, 6) is 1.12. The minimum atomic E-state index is -3.70. The van der Waals surface area contributed by atoms with E-state index >= 15 is 0 Å². The largest absolute Gasteiger partial charge is 0.349 e. The van der Waals surface area contributed by atoms with E-state index in [9.17, 15) is 13.2 Å². The second kappa shape index (κ2) is 7.17. The predicted molar refractivity (Wildman–Crippen MR) is 105 cm³/mol. The zero-order valence-electron chi connectivity index (χ0n) is 14.7. The van der Waals surface area contributed by atoms with Crippen LogP contribution in [0, 0.1) is 11.8 Å². The minimum absolute atomic E-state index is 0.166. The standard InChI is InChI=1S/C20H21ClN2O3S/c21-18-12-15(23-27(25,26)16-4-2-1-3-5-16)8-9-17(18)20(24)22-19-11-13-6-7-14(19)10-13/h1-5,8-9,12-14,19,23H,6-7,10-11H2,(H,22,24)/t13-,14-,19+/m1/s1. The summed E-state index contributed by atoms with van der Waals surface area (Å²) in [4.78, 5) is 12.7. The normalized spacial score (nSPS) is 24.0. The molecule has 7 heteroatoms. The molecule has 2 fully saturated rings. The van der Waals surface area contributed by atoms with Crippen molar-refractivity contribution in [2.24, 2.45) is 11.8 Å². The van der Waals surface area contributed by atoms with Crippen LogP contribution in [0.15, 0.2) is 53.4 Å². The van der Waals surface area contributed by atoms with E-state index in [-0.39, 0.29) is 21.9 Å². The third-order valence-electron chi connectivity index (χ3n) is 5.57. The van der Waals surface area contributed by atoms with Crippen molar-refractivity contribution in [3.63, 3.8) is 0 Å². The quantitative estimate of drug-likeness (QED) is 0.789. The highest BCUT2D eigenvalue weighted by Gasteiger charge is 2.40. The summed E-state index contributed by atoms with van der Waals surface area (Å²) in [5, 5.41) is 3.32. The number of carbonyl (C=O) groups excluding carboxylic acids is 1. The van der Waals surface area contributed by atoms with Crippen LogP contribution in [0.1, 0.15) is 36.0 Å². The Morgan fingerprint density at radius 2 is 1.81 bits per heavy atom. The van der Waals surface area contributed by atoms with Gasteiger partial charge in [-0.25, -0.2) is 8.42 Å². The van der Waals surface area contributed by atoms with Gasteiger partial charge in [0.15, 0.2) is 0 Å². The van der Waals surface area contributed by atoms with Crippen LogP contribution in [-0.2, 0) is 10.0 Å². The van der Waals surface area contributed by atoms with Gasteiger partial charge < -0.3 is 5.32 Å². The summed E-state index contributed by atoms with van der Waals surface area (Å²) in [6.45, 7) is 0. The van der Waals surface area contributed by atoms with E-state index in [4.69, 9.17) is 11.6 Å². The molecule has 0 unspecified atom stereocenters. The summed E-state index contributed by atoms with van der Waals surface area (Å²) in [7, 11) is -3.70. The highest BCUT2D eigenvalue weighted by molar-refractivity contribution is 7.92. The molecule has 2 saturated carbocycles. The molecule has 0 aliphatic heterocycles. The lowest BCUT2D eigenvalue weighted by Crippen LogP contribution is -2.38. The second-order valence-corrected chi connectivity index (χ2v) is 9.46. The maximum Gasteiger partial charge on any atom is 0.261 e. The van der Waals surface area contributed by atoms with Crippen molar-refractivity contribution in [3.05, 3.63) is 59.1 Å². The van der Waals surface area contributed by atoms with Crippen LogP contribution in [0.25, 0.3) is 0 Å². The molecule has 0 aromatic heterocycles. The van der Waals surface area contributed by atoms with E-state index in [1.807, 2.05) is 0 Å². The third kappa shape index (κ3) is 3.82. The number of rotatable bonds is 5. The Morgan fingerprint density at radius 1 is 1.04 bits per heavy atom. The van der Waals surface area contributed by atoms with Crippen LogP contribution in [0.4, 0.5) is 5.69 Å². The van der Waals surface area contributed by atoms with Gasteiger partial charge >= 0.3 is 0 Å². The van der Waals surface area contributed by atoms with Crippen LogP contribution in [0.3, 0.4) is 0 Å². The Labute approximate surface area is 164 Å². The molecule has 2 aliphatic carbocycles. The molecule has 142 valence electrons. The number of fused-ring (bicyclic) bond motifs is 2. The first-order chi connectivity index (χ1) is 12.9. The van der Waals surface area contributed by atoms with Gasteiger partial charge in [-0.2, -0.15) is 0 Å². The average molecular weight is 405 g/mol. The molecule has 2 aliphatic rings. The smallest absolute Gasteiger partial charge is 0.261 e. The van der Waals surface area contributed by atoms with Crippen LogP contribution in [-0.4, -0.2) is 20.4 Å². The summed E-state index contributed by atoms with van der Waals surface area (Å²) in [6.07, 6.45) is 4.71. The van der Waals surface area contributed by atoms with Crippen molar-refractivity contribution in [2.45, 2.75) is 36.6 Å². The minimum Gasteiger partial charge on any atom is -0.349 e. The topological polar surface area (TPSA) is 75.3 Å². The molecule has 2 N–H and O–H groups in total. The maximum atomic E-state index is 12.6. The van der Waals surface area contributed by atoms with E-state index in [2.05, 4.69) is 10.0 Å². The molecule has 4 rings (SSSR count). The SMILES string of the molecule is O=C(N[C@H]1C[C@@H]2CC[C@@H]1C2)c1ccc(NS(=O)(=O)c2ccccc2)cc1Cl. The molecule has 0 saturated heterocycles. The number of hydrogen-bond acceptors (Lipinski definition) is 3. The first-order valence-electron chi connectivity index (χ1n) is 9.10. The number of sulfonamides is 1. The average Bonchev–Trinajstić information content (AvgIpc) is 3.25. The molecule has 2 aromatic rings. The molecule has 27 heavy (non-hydrogen) atoms. The van der Waals surface area contributed by atoms with Gasteiger partial charge in [0.05, 0.1) is 21.2 Å². The Kier molecular flexibility index (Phi) is 4.86. The van der Waals surface area contributed by atoms with E-state index in [1.54, 1.807) is 30.3 Å². The lowest BCUT2D eigenvalue weighted by atomic mass is 9.95.